The van der Waals surface area contributed by atoms with E-state index < -0.39 is 0 Å². The van der Waals surface area contributed by atoms with Gasteiger partial charge in [0, 0.05) is 16.3 Å². The van der Waals surface area contributed by atoms with Gasteiger partial charge >= 0.3 is 0 Å². The lowest BCUT2D eigenvalue weighted by atomic mass is 10.2. The molecule has 5 heteroatoms. The number of ether oxygens (including phenoxy) is 1. The number of nitriles is 1. The predicted molar refractivity (Wildman–Crippen MR) is 111 cm³/mol. The Morgan fingerprint density at radius 1 is 1.04 bits per heavy atom. The Hall–Kier alpha value is -3.23. The van der Waals surface area contributed by atoms with Gasteiger partial charge in [-0.2, -0.15) is 5.26 Å². The Morgan fingerprint density at radius 3 is 2.57 bits per heavy atom. The van der Waals surface area contributed by atoms with Crippen LogP contribution in [0.15, 0.2) is 82.6 Å². The summed E-state index contributed by atoms with van der Waals surface area (Å²) in [5.41, 5.74) is 2.15. The van der Waals surface area contributed by atoms with Gasteiger partial charge in [-0.3, -0.25) is 4.79 Å². The summed E-state index contributed by atoms with van der Waals surface area (Å²) in [6.45, 7) is 2.95. The average molecular weight is 388 g/mol. The first-order chi connectivity index (χ1) is 13.7. The van der Waals surface area contributed by atoms with Crippen LogP contribution in [0.1, 0.15) is 28.4 Å². The highest BCUT2D eigenvalue weighted by Gasteiger charge is 2.13. The highest BCUT2D eigenvalue weighted by molar-refractivity contribution is 7.99. The molecular formula is C23H20N2O2S. The fourth-order valence-corrected chi connectivity index (χ4v) is 3.72. The van der Waals surface area contributed by atoms with Crippen molar-refractivity contribution in [3.8, 4) is 11.8 Å². The lowest BCUT2D eigenvalue weighted by Gasteiger charge is -2.11. The van der Waals surface area contributed by atoms with E-state index in [2.05, 4.69) is 11.4 Å². The van der Waals surface area contributed by atoms with E-state index in [0.29, 0.717) is 24.3 Å². The third kappa shape index (κ3) is 4.93. The summed E-state index contributed by atoms with van der Waals surface area (Å²) in [6.07, 6.45) is 0. The number of benzene rings is 3. The van der Waals surface area contributed by atoms with Crippen LogP contribution >= 0.6 is 11.8 Å². The molecule has 4 nitrogen and oxygen atoms in total. The van der Waals surface area contributed by atoms with Crippen LogP contribution in [-0.2, 0) is 6.54 Å². The molecular weight excluding hydrogens is 368 g/mol. The fraction of sp³-hybridized carbons (Fsp3) is 0.130. The summed E-state index contributed by atoms with van der Waals surface area (Å²) in [4.78, 5) is 14.4. The van der Waals surface area contributed by atoms with Gasteiger partial charge in [-0.25, -0.2) is 0 Å². The maximum absolute atomic E-state index is 12.8. The lowest BCUT2D eigenvalue weighted by Crippen LogP contribution is -2.23. The number of carbonyl (C=O) groups excluding carboxylic acids is 1. The van der Waals surface area contributed by atoms with E-state index in [4.69, 9.17) is 4.74 Å². The molecule has 0 bridgehead atoms. The topological polar surface area (TPSA) is 62.1 Å². The molecule has 28 heavy (non-hydrogen) atoms. The van der Waals surface area contributed by atoms with E-state index in [9.17, 15) is 10.1 Å². The SMILES string of the molecule is CCOc1cccc(CNC(=O)c2ccccc2Sc2ccccc2C#N)c1. The van der Waals surface area contributed by atoms with E-state index in [-0.39, 0.29) is 5.91 Å². The molecule has 3 aromatic carbocycles. The Balaban J connectivity index is 1.74. The number of hydrogen-bond donors (Lipinski definition) is 1. The largest absolute Gasteiger partial charge is 0.494 e. The maximum atomic E-state index is 12.8. The summed E-state index contributed by atoms with van der Waals surface area (Å²) in [5, 5.41) is 12.3. The Bertz CT molecular complexity index is 1010. The molecule has 1 amide bonds. The smallest absolute Gasteiger partial charge is 0.252 e. The van der Waals surface area contributed by atoms with Crippen molar-refractivity contribution in [2.24, 2.45) is 0 Å². The van der Waals surface area contributed by atoms with Crippen molar-refractivity contribution in [2.45, 2.75) is 23.3 Å². The van der Waals surface area contributed by atoms with E-state index in [1.165, 1.54) is 11.8 Å². The standard InChI is InChI=1S/C23H20N2O2S/c1-2-27-19-10-7-8-17(14-19)16-25-23(26)20-11-4-6-13-22(20)28-21-12-5-3-9-18(21)15-24/h3-14H,2,16H2,1H3,(H,25,26). The number of hydrogen-bond acceptors (Lipinski definition) is 4. The monoisotopic (exact) mass is 388 g/mol. The van der Waals surface area contributed by atoms with Gasteiger partial charge in [0.1, 0.15) is 11.8 Å². The molecule has 0 aliphatic rings. The van der Waals surface area contributed by atoms with Gasteiger partial charge in [0.25, 0.3) is 5.91 Å². The van der Waals surface area contributed by atoms with Crippen molar-refractivity contribution in [3.63, 3.8) is 0 Å². The number of amides is 1. The van der Waals surface area contributed by atoms with E-state index in [1.807, 2.05) is 67.6 Å². The van der Waals surface area contributed by atoms with Crippen LogP contribution in [-0.4, -0.2) is 12.5 Å². The van der Waals surface area contributed by atoms with Crippen LogP contribution in [0.5, 0.6) is 5.75 Å². The van der Waals surface area contributed by atoms with Gasteiger partial charge < -0.3 is 10.1 Å². The summed E-state index contributed by atoms with van der Waals surface area (Å²) >= 11 is 1.42. The summed E-state index contributed by atoms with van der Waals surface area (Å²) in [6, 6.07) is 24.7. The van der Waals surface area contributed by atoms with Gasteiger partial charge in [-0.1, -0.05) is 48.2 Å². The number of nitrogens with zero attached hydrogens (tertiary/aromatic N) is 1. The summed E-state index contributed by atoms with van der Waals surface area (Å²) < 4.78 is 5.50. The van der Waals surface area contributed by atoms with Crippen molar-refractivity contribution in [1.82, 2.24) is 5.32 Å². The zero-order valence-electron chi connectivity index (χ0n) is 15.5. The van der Waals surface area contributed by atoms with Crippen molar-refractivity contribution < 1.29 is 9.53 Å². The molecule has 0 unspecified atom stereocenters. The molecule has 0 saturated heterocycles. The van der Waals surface area contributed by atoms with Gasteiger partial charge in [0.15, 0.2) is 0 Å². The first-order valence-electron chi connectivity index (χ1n) is 8.97. The van der Waals surface area contributed by atoms with Crippen LogP contribution < -0.4 is 10.1 Å². The van der Waals surface area contributed by atoms with Crippen LogP contribution in [0.2, 0.25) is 0 Å². The maximum Gasteiger partial charge on any atom is 0.252 e. The Morgan fingerprint density at radius 2 is 1.79 bits per heavy atom. The highest BCUT2D eigenvalue weighted by Crippen LogP contribution is 2.32. The van der Waals surface area contributed by atoms with Crippen molar-refractivity contribution in [1.29, 1.82) is 5.26 Å². The van der Waals surface area contributed by atoms with E-state index in [0.717, 1.165) is 21.1 Å². The van der Waals surface area contributed by atoms with E-state index >= 15 is 0 Å². The Kier molecular flexibility index (Phi) is 6.72. The third-order valence-corrected chi connectivity index (χ3v) is 5.17. The molecule has 0 fully saturated rings. The van der Waals surface area contributed by atoms with Gasteiger partial charge in [-0.15, -0.1) is 0 Å². The summed E-state index contributed by atoms with van der Waals surface area (Å²) in [7, 11) is 0. The molecule has 0 radical (unpaired) electrons. The molecule has 3 rings (SSSR count). The minimum Gasteiger partial charge on any atom is -0.494 e. The second-order valence-electron chi connectivity index (χ2n) is 5.97. The van der Waals surface area contributed by atoms with Crippen LogP contribution in [0.3, 0.4) is 0 Å². The highest BCUT2D eigenvalue weighted by atomic mass is 32.2. The lowest BCUT2D eigenvalue weighted by molar-refractivity contribution is 0.0948. The number of carbonyl (C=O) groups is 1. The summed E-state index contributed by atoms with van der Waals surface area (Å²) in [5.74, 6) is 0.637. The molecule has 0 heterocycles. The van der Waals surface area contributed by atoms with Gasteiger partial charge in [0.2, 0.25) is 0 Å². The second-order valence-corrected chi connectivity index (χ2v) is 7.05. The van der Waals surface area contributed by atoms with Crippen molar-refractivity contribution in [3.05, 3.63) is 89.5 Å². The molecule has 0 aromatic heterocycles. The molecule has 0 aliphatic carbocycles. The normalized spacial score (nSPS) is 10.1. The quantitative estimate of drug-likeness (QED) is 0.616. The molecule has 3 aromatic rings. The average Bonchev–Trinajstić information content (AvgIpc) is 2.73. The molecule has 0 atom stereocenters. The van der Waals surface area contributed by atoms with Gasteiger partial charge in [0.05, 0.1) is 17.7 Å². The second kappa shape index (κ2) is 9.63. The number of nitrogens with one attached hydrogen (secondary N) is 1. The van der Waals surface area contributed by atoms with Crippen LogP contribution in [0.4, 0.5) is 0 Å². The van der Waals surface area contributed by atoms with Crippen LogP contribution in [0, 0.1) is 11.3 Å². The molecule has 0 spiro atoms. The van der Waals surface area contributed by atoms with Gasteiger partial charge in [-0.05, 0) is 48.9 Å². The minimum atomic E-state index is -0.153. The molecule has 0 saturated carbocycles. The molecule has 1 N–H and O–H groups in total. The van der Waals surface area contributed by atoms with E-state index in [1.54, 1.807) is 12.1 Å². The fourth-order valence-electron chi connectivity index (χ4n) is 2.70. The first-order valence-corrected chi connectivity index (χ1v) is 9.79. The minimum absolute atomic E-state index is 0.153. The van der Waals surface area contributed by atoms with Crippen molar-refractivity contribution in [2.75, 3.05) is 6.61 Å². The van der Waals surface area contributed by atoms with Crippen molar-refractivity contribution >= 4 is 17.7 Å². The molecule has 0 aliphatic heterocycles. The zero-order valence-corrected chi connectivity index (χ0v) is 16.3. The molecule has 140 valence electrons. The predicted octanol–water partition coefficient (Wildman–Crippen LogP) is 5.04. The first kappa shape index (κ1) is 19.5. The Labute approximate surface area is 169 Å². The zero-order chi connectivity index (χ0) is 19.8. The third-order valence-electron chi connectivity index (χ3n) is 4.02. The van der Waals surface area contributed by atoms with Crippen LogP contribution in [0.25, 0.3) is 0 Å². The number of rotatable bonds is 7.